The van der Waals surface area contributed by atoms with Crippen LogP contribution in [0.2, 0.25) is 0 Å². The third kappa shape index (κ3) is 3.48. The third-order valence-corrected chi connectivity index (χ3v) is 11.3. The molecule has 1 spiro atoms. The summed E-state index contributed by atoms with van der Waals surface area (Å²) in [4.78, 5) is 38.9. The van der Waals surface area contributed by atoms with E-state index in [2.05, 4.69) is 0 Å². The first kappa shape index (κ1) is 27.1. The monoisotopic (exact) mass is 546 g/mol. The second kappa shape index (κ2) is 8.69. The lowest BCUT2D eigenvalue weighted by Crippen LogP contribution is -2.80. The van der Waals surface area contributed by atoms with Gasteiger partial charge in [0, 0.05) is 35.3 Å². The first-order chi connectivity index (χ1) is 18.3. The Labute approximate surface area is 227 Å². The van der Waals surface area contributed by atoms with Gasteiger partial charge >= 0.3 is 11.9 Å². The number of cyclic esters (lactones) is 1. The maximum absolute atomic E-state index is 13.2. The summed E-state index contributed by atoms with van der Waals surface area (Å²) in [5.41, 5.74) is -5.55. The number of carbonyl (C=O) groups excluding carboxylic acids is 3. The summed E-state index contributed by atoms with van der Waals surface area (Å²) < 4.78 is 24.1. The van der Waals surface area contributed by atoms with Crippen molar-refractivity contribution < 1.29 is 48.7 Å². The minimum Gasteiger partial charge on any atom is -0.462 e. The van der Waals surface area contributed by atoms with Crippen molar-refractivity contribution >= 4 is 17.7 Å². The van der Waals surface area contributed by atoms with Crippen LogP contribution >= 0.6 is 0 Å². The molecule has 10 atom stereocenters. The quantitative estimate of drug-likeness (QED) is 0.411. The Morgan fingerprint density at radius 1 is 1.08 bits per heavy atom. The fourth-order valence-electron chi connectivity index (χ4n) is 8.85. The van der Waals surface area contributed by atoms with Gasteiger partial charge < -0.3 is 34.3 Å². The highest BCUT2D eigenvalue weighted by atomic mass is 16.6. The molecule has 4 heterocycles. The van der Waals surface area contributed by atoms with Gasteiger partial charge in [-0.1, -0.05) is 13.0 Å². The van der Waals surface area contributed by atoms with Crippen molar-refractivity contribution in [3.63, 3.8) is 0 Å². The largest absolute Gasteiger partial charge is 0.462 e. The molecule has 7 aliphatic rings. The number of carbonyl (C=O) groups is 3. The first-order valence-electron chi connectivity index (χ1n) is 14.0. The number of esters is 2. The predicted molar refractivity (Wildman–Crippen MR) is 134 cm³/mol. The number of hydrogen-bond acceptors (Lipinski definition) is 10. The van der Waals surface area contributed by atoms with Gasteiger partial charge in [0.05, 0.1) is 24.4 Å². The Bertz CT molecular complexity index is 1160. The summed E-state index contributed by atoms with van der Waals surface area (Å²) >= 11 is 0. The van der Waals surface area contributed by atoms with E-state index in [0.29, 0.717) is 31.3 Å². The zero-order valence-electron chi connectivity index (χ0n) is 22.7. The SMILES string of the molecule is CC(=O)C12CC/C=C\C(=O)OC3CC4OC5C6CC4(O)C3(C)C5(CCC6(C)O)COC(=O)/C=C(/CCO1)C2O. The molecule has 3 aliphatic carbocycles. The maximum Gasteiger partial charge on any atom is 0.330 e. The van der Waals surface area contributed by atoms with Crippen LogP contribution in [0.15, 0.2) is 23.8 Å². The van der Waals surface area contributed by atoms with Crippen molar-refractivity contribution in [1.29, 1.82) is 0 Å². The van der Waals surface area contributed by atoms with Gasteiger partial charge in [-0.2, -0.15) is 0 Å². The number of rotatable bonds is 1. The van der Waals surface area contributed by atoms with Crippen LogP contribution in [0.4, 0.5) is 0 Å². The van der Waals surface area contributed by atoms with Crippen molar-refractivity contribution in [2.45, 2.75) is 107 Å². The van der Waals surface area contributed by atoms with E-state index in [1.54, 1.807) is 13.0 Å². The number of ketones is 1. The summed E-state index contributed by atoms with van der Waals surface area (Å²) in [5.74, 6) is -2.02. The minimum atomic E-state index is -1.53. The average molecular weight is 547 g/mol. The Morgan fingerprint density at radius 2 is 1.85 bits per heavy atom. The second-order valence-corrected chi connectivity index (χ2v) is 12.9. The second-order valence-electron chi connectivity index (χ2n) is 12.9. The highest BCUT2D eigenvalue weighted by molar-refractivity contribution is 5.88. The maximum atomic E-state index is 13.2. The molecule has 0 aromatic heterocycles. The molecule has 6 fully saturated rings. The van der Waals surface area contributed by atoms with E-state index in [9.17, 15) is 29.7 Å². The Kier molecular flexibility index (Phi) is 6.04. The molecule has 3 N–H and O–H groups in total. The molecule has 3 saturated carbocycles. The number of hydrogen-bond donors (Lipinski definition) is 3. The third-order valence-electron chi connectivity index (χ3n) is 11.3. The molecule has 3 saturated heterocycles. The molecule has 10 unspecified atom stereocenters. The van der Waals surface area contributed by atoms with Crippen LogP contribution < -0.4 is 0 Å². The van der Waals surface area contributed by atoms with Gasteiger partial charge in [-0.05, 0) is 57.9 Å². The number of ether oxygens (including phenoxy) is 4. The van der Waals surface area contributed by atoms with Gasteiger partial charge in [0.2, 0.25) is 0 Å². The van der Waals surface area contributed by atoms with Gasteiger partial charge in [0.15, 0.2) is 11.4 Å². The fraction of sp³-hybridized carbons (Fsp3) is 0.759. The van der Waals surface area contributed by atoms with E-state index in [-0.39, 0.29) is 44.2 Å². The van der Waals surface area contributed by atoms with E-state index >= 15 is 0 Å². The molecule has 0 amide bonds. The number of allylic oxidation sites excluding steroid dienone is 1. The molecule has 10 nitrogen and oxygen atoms in total. The molecule has 4 aliphatic heterocycles. The van der Waals surface area contributed by atoms with Crippen LogP contribution in [-0.4, -0.2) is 87.5 Å². The Hall–Kier alpha value is -2.11. The summed E-state index contributed by atoms with van der Waals surface area (Å²) in [6, 6.07) is 0. The van der Waals surface area contributed by atoms with E-state index in [1.807, 2.05) is 6.92 Å². The van der Waals surface area contributed by atoms with E-state index < -0.39 is 64.0 Å². The van der Waals surface area contributed by atoms with Gasteiger partial charge in [0.25, 0.3) is 0 Å². The summed E-state index contributed by atoms with van der Waals surface area (Å²) in [7, 11) is 0. The minimum absolute atomic E-state index is 0.114. The Balaban J connectivity index is 1.42. The highest BCUT2D eigenvalue weighted by Gasteiger charge is 2.83. The molecule has 0 aromatic carbocycles. The lowest BCUT2D eigenvalue weighted by molar-refractivity contribution is -0.377. The smallest absolute Gasteiger partial charge is 0.330 e. The van der Waals surface area contributed by atoms with Crippen LogP contribution in [-0.2, 0) is 33.3 Å². The predicted octanol–water partition coefficient (Wildman–Crippen LogP) is 1.29. The molecule has 0 radical (unpaired) electrons. The van der Waals surface area contributed by atoms with E-state index in [1.165, 1.54) is 19.1 Å². The zero-order valence-corrected chi connectivity index (χ0v) is 22.7. The van der Waals surface area contributed by atoms with E-state index in [0.717, 1.165) is 0 Å². The van der Waals surface area contributed by atoms with Crippen LogP contribution in [0.5, 0.6) is 0 Å². The van der Waals surface area contributed by atoms with Crippen LogP contribution in [0.3, 0.4) is 0 Å². The molecular weight excluding hydrogens is 508 g/mol. The van der Waals surface area contributed by atoms with Crippen molar-refractivity contribution in [1.82, 2.24) is 0 Å². The topological polar surface area (TPSA) is 149 Å². The molecule has 0 aromatic rings. The van der Waals surface area contributed by atoms with Crippen LogP contribution in [0, 0.1) is 16.7 Å². The first-order valence-corrected chi connectivity index (χ1v) is 14.0. The fourth-order valence-corrected chi connectivity index (χ4v) is 8.85. The molecule has 10 heteroatoms. The standard InChI is InChI=1S/C29H38O10/c1-16(30)28-8-5-4-6-21(31)38-19-13-20-29(35)14-18-24(39-20)27(26(19,29)3,10-9-25(18,2)34)15-36-22(32)12-17(23(28)33)7-11-37-28/h4,6,12,18-20,23-24,33-35H,5,7-11,13-15H2,1-3H3/b6-4-,17-12-. The van der Waals surface area contributed by atoms with E-state index in [4.69, 9.17) is 18.9 Å². The van der Waals surface area contributed by atoms with Crippen molar-refractivity contribution in [2.75, 3.05) is 13.2 Å². The summed E-state index contributed by atoms with van der Waals surface area (Å²) in [6.07, 6.45) is 3.04. The van der Waals surface area contributed by atoms with Crippen LogP contribution in [0.25, 0.3) is 0 Å². The normalized spacial score (nSPS) is 53.3. The molecule has 7 rings (SSSR count). The lowest BCUT2D eigenvalue weighted by atomic mass is 9.40. The van der Waals surface area contributed by atoms with Gasteiger partial charge in [0.1, 0.15) is 24.4 Å². The number of aliphatic hydroxyl groups is 3. The number of fused-ring (bicyclic) bond motifs is 2. The number of Topliss-reactive ketones (excluding diaryl/α,β-unsaturated/α-hetero) is 1. The molecule has 8 bridgehead atoms. The average Bonchev–Trinajstić information content (AvgIpc) is 3.02. The summed E-state index contributed by atoms with van der Waals surface area (Å²) in [5, 5.41) is 34.6. The number of aliphatic hydroxyl groups excluding tert-OH is 1. The van der Waals surface area contributed by atoms with Crippen LogP contribution in [0.1, 0.15) is 65.7 Å². The molecule has 39 heavy (non-hydrogen) atoms. The molecular formula is C29H38O10. The van der Waals surface area contributed by atoms with Crippen molar-refractivity contribution in [3.05, 3.63) is 23.8 Å². The Morgan fingerprint density at radius 3 is 2.59 bits per heavy atom. The van der Waals surface area contributed by atoms with Gasteiger partial charge in [-0.25, -0.2) is 9.59 Å². The van der Waals surface area contributed by atoms with Crippen molar-refractivity contribution in [3.8, 4) is 0 Å². The molecule has 214 valence electrons. The van der Waals surface area contributed by atoms with Gasteiger partial charge in [-0.15, -0.1) is 0 Å². The van der Waals surface area contributed by atoms with Crippen molar-refractivity contribution in [2.24, 2.45) is 16.7 Å². The van der Waals surface area contributed by atoms with Gasteiger partial charge in [-0.3, -0.25) is 4.79 Å². The zero-order chi connectivity index (χ0) is 28.0. The highest BCUT2D eigenvalue weighted by Crippen LogP contribution is 2.74. The lowest BCUT2D eigenvalue weighted by Gasteiger charge is -2.71. The summed E-state index contributed by atoms with van der Waals surface area (Å²) in [6.45, 7) is 5.02.